The van der Waals surface area contributed by atoms with Crippen LogP contribution >= 0.6 is 0 Å². The number of hydrogen-bond donors (Lipinski definition) is 3. The number of benzene rings is 2. The predicted molar refractivity (Wildman–Crippen MR) is 169 cm³/mol. The average molecular weight is 622 g/mol. The summed E-state index contributed by atoms with van der Waals surface area (Å²) in [5, 5.41) is 14.4. The number of carboxylic acid groups (broad SMARTS) is 1. The Morgan fingerprint density at radius 3 is 2.11 bits per heavy atom. The minimum atomic E-state index is -3.70. The van der Waals surface area contributed by atoms with E-state index in [1.165, 1.54) is 20.0 Å². The second-order valence-corrected chi connectivity index (χ2v) is 13.7. The quantitative estimate of drug-likeness (QED) is 0.247. The van der Waals surface area contributed by atoms with Crippen LogP contribution in [0.5, 0.6) is 0 Å². The van der Waals surface area contributed by atoms with Crippen molar-refractivity contribution in [1.82, 2.24) is 15.6 Å². The van der Waals surface area contributed by atoms with Gasteiger partial charge in [0, 0.05) is 32.1 Å². The molecule has 0 bridgehead atoms. The Morgan fingerprint density at radius 2 is 1.57 bits per heavy atom. The Labute approximate surface area is 258 Å². The van der Waals surface area contributed by atoms with Gasteiger partial charge in [-0.3, -0.25) is 13.9 Å². The SMILES string of the molecule is C[C@H]1C[C@@H]1CN(Cc1ccccc1)c1cc(C(=O)NCC(=O)[C@@](C)(Cc2ccccc2)NC(=O)O)cc(N(C)S(C)(=O)=O)n1. The molecule has 0 radical (unpaired) electrons. The molecule has 0 saturated heterocycles. The second-order valence-electron chi connectivity index (χ2n) is 11.7. The van der Waals surface area contributed by atoms with Crippen molar-refractivity contribution in [2.24, 2.45) is 11.8 Å². The molecule has 1 aliphatic carbocycles. The standard InChI is InChI=1S/C32H39N5O6S/c1-22-15-26(22)21-37(20-24-13-9-6-10-14-24)29-17-25(16-28(34-29)36(3)44(4,42)43)30(39)33-19-27(38)32(2,35-31(40)41)18-23-11-7-5-8-12-23/h5-14,16-17,22,26,35H,15,18-21H2,1-4H3,(H,33,39)(H,40,41)/t22-,26+,32+/m0/s1. The molecule has 0 spiro atoms. The molecule has 1 heterocycles. The molecule has 0 unspecified atom stereocenters. The number of carbonyl (C=O) groups is 3. The fraction of sp³-hybridized carbons (Fsp3) is 0.375. The van der Waals surface area contributed by atoms with Gasteiger partial charge in [-0.05, 0) is 48.4 Å². The molecule has 1 fully saturated rings. The molecule has 3 atom stereocenters. The van der Waals surface area contributed by atoms with Gasteiger partial charge in [0.2, 0.25) is 10.0 Å². The normalized spacial score (nSPS) is 17.2. The molecule has 1 saturated carbocycles. The number of aromatic nitrogens is 1. The monoisotopic (exact) mass is 621 g/mol. The summed E-state index contributed by atoms with van der Waals surface area (Å²) in [7, 11) is -2.34. The topological polar surface area (TPSA) is 149 Å². The van der Waals surface area contributed by atoms with Gasteiger partial charge in [-0.25, -0.2) is 18.2 Å². The van der Waals surface area contributed by atoms with Crippen LogP contribution in [0, 0.1) is 11.8 Å². The van der Waals surface area contributed by atoms with E-state index in [-0.39, 0.29) is 17.8 Å². The highest BCUT2D eigenvalue weighted by Crippen LogP contribution is 2.39. The van der Waals surface area contributed by atoms with E-state index in [0.717, 1.165) is 28.1 Å². The van der Waals surface area contributed by atoms with Crippen molar-refractivity contribution in [2.45, 2.75) is 38.8 Å². The number of ketones is 1. The summed E-state index contributed by atoms with van der Waals surface area (Å²) in [6.45, 7) is 4.37. The number of anilines is 2. The zero-order chi connectivity index (χ0) is 32.1. The Bertz CT molecular complexity index is 1600. The number of nitrogens with zero attached hydrogens (tertiary/aromatic N) is 3. The second kappa shape index (κ2) is 13.5. The number of carbonyl (C=O) groups excluding carboxylic acids is 2. The Hall–Kier alpha value is -4.45. The number of rotatable bonds is 14. The van der Waals surface area contributed by atoms with E-state index in [9.17, 15) is 27.9 Å². The Morgan fingerprint density at radius 1 is 1.00 bits per heavy atom. The fourth-order valence-corrected chi connectivity index (χ4v) is 5.45. The third-order valence-electron chi connectivity index (χ3n) is 7.96. The van der Waals surface area contributed by atoms with E-state index < -0.39 is 39.9 Å². The first-order chi connectivity index (χ1) is 20.7. The molecule has 4 rings (SSSR count). The molecule has 12 heteroatoms. The van der Waals surface area contributed by atoms with Gasteiger partial charge >= 0.3 is 6.09 Å². The van der Waals surface area contributed by atoms with Gasteiger partial charge in [-0.1, -0.05) is 67.6 Å². The maximum Gasteiger partial charge on any atom is 0.405 e. The molecule has 44 heavy (non-hydrogen) atoms. The first-order valence-corrected chi connectivity index (χ1v) is 16.2. The fourth-order valence-electron chi connectivity index (χ4n) is 5.02. The number of hydrogen-bond acceptors (Lipinski definition) is 7. The van der Waals surface area contributed by atoms with Crippen LogP contribution in [-0.2, 0) is 27.8 Å². The zero-order valence-electron chi connectivity index (χ0n) is 25.4. The molecule has 11 nitrogen and oxygen atoms in total. The highest BCUT2D eigenvalue weighted by Gasteiger charge is 2.36. The number of amides is 2. The summed E-state index contributed by atoms with van der Waals surface area (Å²) in [4.78, 5) is 45.1. The summed E-state index contributed by atoms with van der Waals surface area (Å²) < 4.78 is 25.9. The molecule has 3 aromatic rings. The number of sulfonamides is 1. The van der Waals surface area contributed by atoms with E-state index >= 15 is 0 Å². The highest BCUT2D eigenvalue weighted by atomic mass is 32.2. The third-order valence-corrected chi connectivity index (χ3v) is 9.14. The lowest BCUT2D eigenvalue weighted by Crippen LogP contribution is -2.56. The van der Waals surface area contributed by atoms with Crippen LogP contribution in [-0.4, -0.2) is 68.2 Å². The predicted octanol–water partition coefficient (Wildman–Crippen LogP) is 3.71. The van der Waals surface area contributed by atoms with Crippen LogP contribution in [0.4, 0.5) is 16.4 Å². The van der Waals surface area contributed by atoms with Crippen LogP contribution < -0.4 is 19.8 Å². The molecule has 3 N–H and O–H groups in total. The number of nitrogens with one attached hydrogen (secondary N) is 2. The van der Waals surface area contributed by atoms with Crippen molar-refractivity contribution in [3.05, 3.63) is 89.5 Å². The molecule has 2 aromatic carbocycles. The number of pyridine rings is 1. The molecule has 2 amide bonds. The maximum atomic E-state index is 13.5. The van der Waals surface area contributed by atoms with Crippen molar-refractivity contribution >= 4 is 39.4 Å². The lowest BCUT2D eigenvalue weighted by molar-refractivity contribution is -0.123. The van der Waals surface area contributed by atoms with E-state index in [0.29, 0.717) is 30.7 Å². The van der Waals surface area contributed by atoms with Crippen molar-refractivity contribution in [3.63, 3.8) is 0 Å². The van der Waals surface area contributed by atoms with Crippen LogP contribution in [0.3, 0.4) is 0 Å². The van der Waals surface area contributed by atoms with E-state index in [1.54, 1.807) is 30.3 Å². The zero-order valence-corrected chi connectivity index (χ0v) is 26.2. The summed E-state index contributed by atoms with van der Waals surface area (Å²) in [5.41, 5.74) is 0.397. The summed E-state index contributed by atoms with van der Waals surface area (Å²) in [6, 6.07) is 21.7. The van der Waals surface area contributed by atoms with E-state index in [4.69, 9.17) is 0 Å². The van der Waals surface area contributed by atoms with Gasteiger partial charge < -0.3 is 20.6 Å². The van der Waals surface area contributed by atoms with Gasteiger partial charge in [0.15, 0.2) is 5.78 Å². The van der Waals surface area contributed by atoms with Crippen molar-refractivity contribution < 1.29 is 27.9 Å². The minimum absolute atomic E-state index is 0.0600. The van der Waals surface area contributed by atoms with Crippen LogP contribution in [0.2, 0.25) is 0 Å². The average Bonchev–Trinajstić information content (AvgIpc) is 3.68. The van der Waals surface area contributed by atoms with Gasteiger partial charge in [0.1, 0.15) is 17.2 Å². The largest absolute Gasteiger partial charge is 0.465 e. The number of Topliss-reactive ketones (excluding diaryl/α,β-unsaturated/α-hetero) is 1. The van der Waals surface area contributed by atoms with Crippen molar-refractivity contribution in [1.29, 1.82) is 0 Å². The smallest absolute Gasteiger partial charge is 0.405 e. The van der Waals surface area contributed by atoms with Gasteiger partial charge in [0.05, 0.1) is 12.8 Å². The van der Waals surface area contributed by atoms with Crippen LogP contribution in [0.15, 0.2) is 72.8 Å². The molecular formula is C32H39N5O6S. The van der Waals surface area contributed by atoms with Gasteiger partial charge in [0.25, 0.3) is 5.91 Å². The Kier molecular flexibility index (Phi) is 9.93. The van der Waals surface area contributed by atoms with Crippen molar-refractivity contribution in [3.8, 4) is 0 Å². The third kappa shape index (κ3) is 8.56. The summed E-state index contributed by atoms with van der Waals surface area (Å²) in [5.74, 6) is 0.322. The molecule has 1 aromatic heterocycles. The lowest BCUT2D eigenvalue weighted by atomic mass is 9.88. The van der Waals surface area contributed by atoms with E-state index in [2.05, 4.69) is 22.5 Å². The first-order valence-electron chi connectivity index (χ1n) is 14.4. The van der Waals surface area contributed by atoms with Crippen molar-refractivity contribution in [2.75, 3.05) is 35.6 Å². The molecular weight excluding hydrogens is 582 g/mol. The van der Waals surface area contributed by atoms with E-state index in [1.807, 2.05) is 41.3 Å². The van der Waals surface area contributed by atoms with Gasteiger partial charge in [-0.2, -0.15) is 0 Å². The summed E-state index contributed by atoms with van der Waals surface area (Å²) >= 11 is 0. The van der Waals surface area contributed by atoms with Crippen LogP contribution in [0.1, 0.15) is 41.8 Å². The molecule has 0 aliphatic heterocycles. The van der Waals surface area contributed by atoms with Gasteiger partial charge in [-0.15, -0.1) is 0 Å². The maximum absolute atomic E-state index is 13.5. The summed E-state index contributed by atoms with van der Waals surface area (Å²) in [6.07, 6.45) is 0.844. The molecule has 234 valence electrons. The first kappa shape index (κ1) is 32.5. The highest BCUT2D eigenvalue weighted by molar-refractivity contribution is 7.92. The molecule has 1 aliphatic rings. The van der Waals surface area contributed by atoms with Crippen LogP contribution in [0.25, 0.3) is 0 Å². The lowest BCUT2D eigenvalue weighted by Gasteiger charge is -2.28. The Balaban J connectivity index is 1.62. The minimum Gasteiger partial charge on any atom is -0.465 e.